The second-order valence-electron chi connectivity index (χ2n) is 1.94. The predicted molar refractivity (Wildman–Crippen MR) is 35.7 cm³/mol. The van der Waals surface area contributed by atoms with Gasteiger partial charge in [-0.25, -0.2) is 4.79 Å². The zero-order valence-corrected chi connectivity index (χ0v) is 5.05. The van der Waals surface area contributed by atoms with E-state index in [0.717, 1.165) is 0 Å². The molecule has 1 aromatic carbocycles. The summed E-state index contributed by atoms with van der Waals surface area (Å²) < 4.78 is 4.74. The van der Waals surface area contributed by atoms with Gasteiger partial charge in [0.15, 0.2) is 5.58 Å². The largest absolute Gasteiger partial charge is 0.417 e. The zero-order chi connectivity index (χ0) is 6.97. The van der Waals surface area contributed by atoms with Gasteiger partial charge in [-0.3, -0.25) is 4.98 Å². The minimum absolute atomic E-state index is 0.422. The lowest BCUT2D eigenvalue weighted by molar-refractivity contribution is 0.555. The molecule has 1 aromatic heterocycles. The first-order valence-electron chi connectivity index (χ1n) is 2.85. The van der Waals surface area contributed by atoms with Crippen LogP contribution >= 0.6 is 0 Å². The highest BCUT2D eigenvalue weighted by molar-refractivity contribution is 5.71. The molecule has 10 heavy (non-hydrogen) atoms. The first-order valence-corrected chi connectivity index (χ1v) is 2.85. The van der Waals surface area contributed by atoms with E-state index in [1.807, 2.05) is 0 Å². The van der Waals surface area contributed by atoms with Gasteiger partial charge in [0.2, 0.25) is 0 Å². The molecule has 0 saturated carbocycles. The lowest BCUT2D eigenvalue weighted by Gasteiger charge is -1.79. The quantitative estimate of drug-likeness (QED) is 0.582. The van der Waals surface area contributed by atoms with Crippen LogP contribution in [0.2, 0.25) is 0 Å². The predicted octanol–water partition coefficient (Wildman–Crippen LogP) is 0.921. The van der Waals surface area contributed by atoms with Crippen LogP contribution in [0, 0.1) is 6.07 Å². The summed E-state index contributed by atoms with van der Waals surface area (Å²) >= 11 is 0. The molecule has 0 saturated heterocycles. The topological polar surface area (TPSA) is 46.0 Å². The van der Waals surface area contributed by atoms with E-state index in [0.29, 0.717) is 11.1 Å². The second kappa shape index (κ2) is 1.73. The van der Waals surface area contributed by atoms with E-state index < -0.39 is 5.76 Å². The Balaban J connectivity index is 3.01. The number of fused-ring (bicyclic) bond motifs is 1. The highest BCUT2D eigenvalue weighted by Crippen LogP contribution is 2.05. The van der Waals surface area contributed by atoms with Gasteiger partial charge in [-0.1, -0.05) is 6.07 Å². The molecule has 0 unspecified atom stereocenters. The van der Waals surface area contributed by atoms with E-state index in [9.17, 15) is 4.79 Å². The summed E-state index contributed by atoms with van der Waals surface area (Å²) in [5.41, 5.74) is 1.26. The van der Waals surface area contributed by atoms with Gasteiger partial charge in [0.05, 0.1) is 5.52 Å². The molecule has 2 aromatic rings. The summed E-state index contributed by atoms with van der Waals surface area (Å²) in [6.07, 6.45) is 0. The van der Waals surface area contributed by atoms with Gasteiger partial charge in [-0.05, 0) is 18.2 Å². The van der Waals surface area contributed by atoms with Crippen LogP contribution < -0.4 is 5.76 Å². The number of oxazole rings is 1. The number of aromatic nitrogens is 1. The van der Waals surface area contributed by atoms with Crippen LogP contribution in [0.4, 0.5) is 0 Å². The maximum atomic E-state index is 10.6. The van der Waals surface area contributed by atoms with E-state index in [1.54, 1.807) is 18.2 Å². The Kier molecular flexibility index (Phi) is 0.917. The van der Waals surface area contributed by atoms with Crippen molar-refractivity contribution in [1.82, 2.24) is 4.98 Å². The van der Waals surface area contributed by atoms with Crippen LogP contribution in [0.15, 0.2) is 27.4 Å². The number of H-pyrrole nitrogens is 1. The molecule has 0 aliphatic rings. The molecular weight excluding hydrogens is 130 g/mol. The van der Waals surface area contributed by atoms with Crippen molar-refractivity contribution >= 4 is 11.1 Å². The highest BCUT2D eigenvalue weighted by atomic mass is 16.4. The van der Waals surface area contributed by atoms with E-state index in [2.05, 4.69) is 11.1 Å². The Morgan fingerprint density at radius 3 is 3.30 bits per heavy atom. The lowest BCUT2D eigenvalue weighted by atomic mass is 10.3. The van der Waals surface area contributed by atoms with Crippen molar-refractivity contribution in [3.05, 3.63) is 34.8 Å². The summed E-state index contributed by atoms with van der Waals surface area (Å²) in [5, 5.41) is 0. The Labute approximate surface area is 56.3 Å². The third-order valence-corrected chi connectivity index (χ3v) is 1.26. The van der Waals surface area contributed by atoms with E-state index in [-0.39, 0.29) is 0 Å². The molecule has 0 atom stereocenters. The first-order chi connectivity index (χ1) is 4.86. The number of nitrogens with one attached hydrogen (secondary N) is 1. The molecule has 1 radical (unpaired) electrons. The molecule has 3 heteroatoms. The molecule has 0 aliphatic heterocycles. The summed E-state index contributed by atoms with van der Waals surface area (Å²) in [6.45, 7) is 0. The van der Waals surface area contributed by atoms with Gasteiger partial charge < -0.3 is 4.42 Å². The van der Waals surface area contributed by atoms with Crippen LogP contribution in [-0.2, 0) is 0 Å². The summed E-state index contributed by atoms with van der Waals surface area (Å²) in [7, 11) is 0. The number of hydrogen-bond donors (Lipinski definition) is 1. The molecule has 0 spiro atoms. The standard InChI is InChI=1S/C7H4NO2/c9-7-8-5-3-1-2-4-6(5)10-7/h2-4H,(H,8,9). The van der Waals surface area contributed by atoms with Crippen LogP contribution in [0.25, 0.3) is 11.1 Å². The molecule has 0 amide bonds. The molecule has 0 aliphatic carbocycles. The summed E-state index contributed by atoms with van der Waals surface area (Å²) in [5.74, 6) is -0.422. The third kappa shape index (κ3) is 0.639. The van der Waals surface area contributed by atoms with Crippen molar-refractivity contribution in [2.45, 2.75) is 0 Å². The van der Waals surface area contributed by atoms with Crippen molar-refractivity contribution in [2.24, 2.45) is 0 Å². The normalized spacial score (nSPS) is 10.4. The van der Waals surface area contributed by atoms with Crippen molar-refractivity contribution in [3.63, 3.8) is 0 Å². The molecule has 1 heterocycles. The monoisotopic (exact) mass is 134 g/mol. The van der Waals surface area contributed by atoms with Crippen molar-refractivity contribution in [2.75, 3.05) is 0 Å². The zero-order valence-electron chi connectivity index (χ0n) is 5.05. The first kappa shape index (κ1) is 5.29. The molecule has 49 valence electrons. The average molecular weight is 134 g/mol. The highest BCUT2D eigenvalue weighted by Gasteiger charge is 1.95. The average Bonchev–Trinajstić information content (AvgIpc) is 2.27. The minimum atomic E-state index is -0.422. The van der Waals surface area contributed by atoms with E-state index >= 15 is 0 Å². The second-order valence-corrected chi connectivity index (χ2v) is 1.94. The Hall–Kier alpha value is -1.51. The fourth-order valence-corrected chi connectivity index (χ4v) is 0.838. The number of rotatable bonds is 0. The maximum Gasteiger partial charge on any atom is 0.417 e. The molecule has 0 fully saturated rings. The van der Waals surface area contributed by atoms with Gasteiger partial charge in [0.1, 0.15) is 0 Å². The fourth-order valence-electron chi connectivity index (χ4n) is 0.838. The van der Waals surface area contributed by atoms with Crippen LogP contribution in [0.5, 0.6) is 0 Å². The lowest BCUT2D eigenvalue weighted by Crippen LogP contribution is -1.92. The SMILES string of the molecule is O=c1[nH]c2c[c]ccc2o1. The third-order valence-electron chi connectivity index (χ3n) is 1.26. The maximum absolute atomic E-state index is 10.6. The van der Waals surface area contributed by atoms with Crippen LogP contribution in [0.3, 0.4) is 0 Å². The van der Waals surface area contributed by atoms with Gasteiger partial charge in [-0.2, -0.15) is 0 Å². The molecule has 3 nitrogen and oxygen atoms in total. The van der Waals surface area contributed by atoms with Crippen LogP contribution in [-0.4, -0.2) is 4.98 Å². The minimum Gasteiger partial charge on any atom is -0.408 e. The van der Waals surface area contributed by atoms with Gasteiger partial charge in [0.25, 0.3) is 0 Å². The fraction of sp³-hybridized carbons (Fsp3) is 0. The summed E-state index contributed by atoms with van der Waals surface area (Å²) in [4.78, 5) is 13.1. The molecule has 0 bridgehead atoms. The van der Waals surface area contributed by atoms with Crippen LogP contribution in [0.1, 0.15) is 0 Å². The Morgan fingerprint density at radius 2 is 2.50 bits per heavy atom. The Bertz CT molecular complexity index is 363. The van der Waals surface area contributed by atoms with Crippen molar-refractivity contribution < 1.29 is 4.42 Å². The molecular formula is C7H4NO2. The number of aromatic amines is 1. The summed E-state index contributed by atoms with van der Waals surface area (Å²) in [6, 6.07) is 7.87. The van der Waals surface area contributed by atoms with Gasteiger partial charge in [-0.15, -0.1) is 0 Å². The number of hydrogen-bond acceptors (Lipinski definition) is 2. The Morgan fingerprint density at radius 1 is 1.60 bits per heavy atom. The van der Waals surface area contributed by atoms with E-state index in [4.69, 9.17) is 4.42 Å². The van der Waals surface area contributed by atoms with E-state index in [1.165, 1.54) is 0 Å². The van der Waals surface area contributed by atoms with Gasteiger partial charge >= 0.3 is 5.76 Å². The van der Waals surface area contributed by atoms with Crippen molar-refractivity contribution in [3.8, 4) is 0 Å². The molecule has 2 rings (SSSR count). The van der Waals surface area contributed by atoms with Crippen molar-refractivity contribution in [1.29, 1.82) is 0 Å². The van der Waals surface area contributed by atoms with Gasteiger partial charge in [0, 0.05) is 0 Å². The molecule has 1 N–H and O–H groups in total. The number of benzene rings is 1. The smallest absolute Gasteiger partial charge is 0.408 e.